The molecule has 0 atom stereocenters. The highest BCUT2D eigenvalue weighted by molar-refractivity contribution is 6.48. The average Bonchev–Trinajstić information content (AvgIpc) is 2.25. The van der Waals surface area contributed by atoms with Crippen molar-refractivity contribution in [3.8, 4) is 0 Å². The van der Waals surface area contributed by atoms with Crippen LogP contribution >= 0.6 is 0 Å². The number of Topliss-reactive ketones (excluding diaryl/α,β-unsaturated/α-hetero) is 1. The lowest BCUT2D eigenvalue weighted by molar-refractivity contribution is 0.0921. The van der Waals surface area contributed by atoms with E-state index >= 15 is 0 Å². The van der Waals surface area contributed by atoms with E-state index in [9.17, 15) is 4.79 Å². The molecular formula is C14H22O2Si. The zero-order valence-corrected chi connectivity index (χ0v) is 12.6. The highest BCUT2D eigenvalue weighted by Crippen LogP contribution is 2.22. The van der Waals surface area contributed by atoms with E-state index in [1.165, 1.54) is 5.56 Å². The molecule has 3 heteroatoms. The third-order valence-corrected chi connectivity index (χ3v) is 3.45. The quantitative estimate of drug-likeness (QED) is 0.606. The van der Waals surface area contributed by atoms with E-state index < -0.39 is 9.04 Å². The summed E-state index contributed by atoms with van der Waals surface area (Å²) in [6.45, 7) is 10.8. The number of carbonyl (C=O) groups is 1. The largest absolute Gasteiger partial charge is 0.413 e. The standard InChI is InChI=1S/C14H22O2Si/c1-14(2,3)12-8-6-11(7-9-12)13(15)10-16-17(4)5/h6-9,17H,10H2,1-5H3. The van der Waals surface area contributed by atoms with Crippen molar-refractivity contribution < 1.29 is 9.22 Å². The zero-order chi connectivity index (χ0) is 13.1. The highest BCUT2D eigenvalue weighted by atomic mass is 28.3. The van der Waals surface area contributed by atoms with Crippen molar-refractivity contribution in [1.82, 2.24) is 0 Å². The van der Waals surface area contributed by atoms with Gasteiger partial charge in [0.15, 0.2) is 14.8 Å². The molecule has 0 N–H and O–H groups in total. The summed E-state index contributed by atoms with van der Waals surface area (Å²) in [6, 6.07) is 7.85. The lowest BCUT2D eigenvalue weighted by Crippen LogP contribution is -2.16. The second kappa shape index (κ2) is 5.60. The molecule has 17 heavy (non-hydrogen) atoms. The lowest BCUT2D eigenvalue weighted by Gasteiger charge is -2.19. The molecular weight excluding hydrogens is 228 g/mol. The Bertz CT molecular complexity index is 374. The van der Waals surface area contributed by atoms with Gasteiger partial charge in [-0.25, -0.2) is 0 Å². The maximum Gasteiger partial charge on any atom is 0.187 e. The Labute approximate surface area is 106 Å². The van der Waals surface area contributed by atoms with Crippen molar-refractivity contribution in [2.24, 2.45) is 0 Å². The van der Waals surface area contributed by atoms with E-state index in [4.69, 9.17) is 4.43 Å². The summed E-state index contributed by atoms with van der Waals surface area (Å²) in [5.74, 6) is 0.0756. The predicted octanol–water partition coefficient (Wildman–Crippen LogP) is 3.17. The van der Waals surface area contributed by atoms with Crippen LogP contribution in [0.15, 0.2) is 24.3 Å². The molecule has 0 spiro atoms. The van der Waals surface area contributed by atoms with Gasteiger partial charge in [0.1, 0.15) is 0 Å². The van der Waals surface area contributed by atoms with Crippen LogP contribution in [0.1, 0.15) is 36.7 Å². The minimum atomic E-state index is -1.11. The molecule has 2 nitrogen and oxygen atoms in total. The molecule has 1 aromatic carbocycles. The summed E-state index contributed by atoms with van der Waals surface area (Å²) in [5, 5.41) is 0. The van der Waals surface area contributed by atoms with Crippen LogP contribution in [0.25, 0.3) is 0 Å². The number of rotatable bonds is 4. The summed E-state index contributed by atoms with van der Waals surface area (Å²) in [6.07, 6.45) is 0. The van der Waals surface area contributed by atoms with Crippen molar-refractivity contribution in [3.63, 3.8) is 0 Å². The third-order valence-electron chi connectivity index (χ3n) is 2.62. The van der Waals surface area contributed by atoms with Crippen LogP contribution in [-0.4, -0.2) is 21.4 Å². The first-order chi connectivity index (χ1) is 7.80. The van der Waals surface area contributed by atoms with Gasteiger partial charge in [-0.05, 0) is 24.1 Å². The SMILES string of the molecule is C[SiH](C)OCC(=O)c1ccc(C(C)(C)C)cc1. The fraction of sp³-hybridized carbons (Fsp3) is 0.500. The van der Waals surface area contributed by atoms with Gasteiger partial charge in [0, 0.05) is 5.56 Å². The molecule has 0 amide bonds. The smallest absolute Gasteiger partial charge is 0.187 e. The van der Waals surface area contributed by atoms with E-state index in [0.717, 1.165) is 5.56 Å². The summed E-state index contributed by atoms with van der Waals surface area (Å²) >= 11 is 0. The molecule has 0 saturated carbocycles. The maximum absolute atomic E-state index is 11.8. The molecule has 0 radical (unpaired) electrons. The second-order valence-corrected chi connectivity index (χ2v) is 8.04. The monoisotopic (exact) mass is 250 g/mol. The van der Waals surface area contributed by atoms with Crippen LogP contribution in [0, 0.1) is 0 Å². The molecule has 1 aromatic rings. The number of hydrogen-bond acceptors (Lipinski definition) is 2. The summed E-state index contributed by atoms with van der Waals surface area (Å²) in [7, 11) is -1.11. The van der Waals surface area contributed by atoms with Crippen LogP contribution in [0.5, 0.6) is 0 Å². The van der Waals surface area contributed by atoms with E-state index in [2.05, 4.69) is 33.9 Å². The van der Waals surface area contributed by atoms with Crippen LogP contribution < -0.4 is 0 Å². The van der Waals surface area contributed by atoms with Crippen molar-refractivity contribution >= 4 is 14.8 Å². The van der Waals surface area contributed by atoms with Crippen LogP contribution in [0.3, 0.4) is 0 Å². The van der Waals surface area contributed by atoms with E-state index in [-0.39, 0.29) is 17.8 Å². The van der Waals surface area contributed by atoms with Crippen molar-refractivity contribution in [2.45, 2.75) is 39.3 Å². The molecule has 0 heterocycles. The van der Waals surface area contributed by atoms with Crippen molar-refractivity contribution in [2.75, 3.05) is 6.61 Å². The highest BCUT2D eigenvalue weighted by Gasteiger charge is 2.14. The van der Waals surface area contributed by atoms with Gasteiger partial charge in [-0.2, -0.15) is 0 Å². The summed E-state index contributed by atoms with van der Waals surface area (Å²) in [4.78, 5) is 11.8. The van der Waals surface area contributed by atoms with Gasteiger partial charge < -0.3 is 4.43 Å². The Morgan fingerprint density at radius 2 is 1.71 bits per heavy atom. The Kier molecular flexibility index (Phi) is 4.66. The van der Waals surface area contributed by atoms with Crippen molar-refractivity contribution in [3.05, 3.63) is 35.4 Å². The van der Waals surface area contributed by atoms with Crippen molar-refractivity contribution in [1.29, 1.82) is 0 Å². The molecule has 0 aliphatic carbocycles. The van der Waals surface area contributed by atoms with Gasteiger partial charge in [0.05, 0.1) is 6.61 Å². The third kappa shape index (κ3) is 4.44. The van der Waals surface area contributed by atoms with Gasteiger partial charge in [-0.1, -0.05) is 45.0 Å². The van der Waals surface area contributed by atoms with Crippen LogP contribution in [-0.2, 0) is 9.84 Å². The van der Waals surface area contributed by atoms with Gasteiger partial charge in [0.25, 0.3) is 0 Å². The minimum Gasteiger partial charge on any atom is -0.413 e. The molecule has 1 rings (SSSR count). The van der Waals surface area contributed by atoms with Gasteiger partial charge in [0.2, 0.25) is 0 Å². The molecule has 0 bridgehead atoms. The molecule has 0 aromatic heterocycles. The van der Waals surface area contributed by atoms with Crippen LogP contribution in [0.2, 0.25) is 13.1 Å². The number of hydrogen-bond donors (Lipinski definition) is 0. The lowest BCUT2D eigenvalue weighted by atomic mass is 9.86. The Balaban J connectivity index is 2.71. The normalized spacial score (nSPS) is 11.9. The minimum absolute atomic E-state index is 0.0756. The van der Waals surface area contributed by atoms with Gasteiger partial charge in [-0.3, -0.25) is 4.79 Å². The predicted molar refractivity (Wildman–Crippen MR) is 74.3 cm³/mol. The molecule has 0 fully saturated rings. The van der Waals surface area contributed by atoms with E-state index in [1.807, 2.05) is 24.3 Å². The molecule has 0 unspecified atom stereocenters. The number of carbonyl (C=O) groups excluding carboxylic acids is 1. The Morgan fingerprint density at radius 1 is 1.18 bits per heavy atom. The fourth-order valence-electron chi connectivity index (χ4n) is 1.48. The fourth-order valence-corrected chi connectivity index (χ4v) is 1.97. The average molecular weight is 250 g/mol. The van der Waals surface area contributed by atoms with Crippen LogP contribution in [0.4, 0.5) is 0 Å². The Morgan fingerprint density at radius 3 is 2.12 bits per heavy atom. The second-order valence-electron chi connectivity index (χ2n) is 5.61. The first-order valence-electron chi connectivity index (χ1n) is 6.06. The maximum atomic E-state index is 11.8. The topological polar surface area (TPSA) is 26.3 Å². The van der Waals surface area contributed by atoms with Gasteiger partial charge in [-0.15, -0.1) is 0 Å². The molecule has 0 aliphatic rings. The van der Waals surface area contributed by atoms with E-state index in [1.54, 1.807) is 0 Å². The molecule has 0 aliphatic heterocycles. The number of benzene rings is 1. The van der Waals surface area contributed by atoms with Gasteiger partial charge >= 0.3 is 0 Å². The van der Waals surface area contributed by atoms with E-state index in [0.29, 0.717) is 0 Å². The summed E-state index contributed by atoms with van der Waals surface area (Å²) in [5.41, 5.74) is 2.11. The zero-order valence-electron chi connectivity index (χ0n) is 11.4. The summed E-state index contributed by atoms with van der Waals surface area (Å²) < 4.78 is 5.44. The first kappa shape index (κ1) is 14.1. The first-order valence-corrected chi connectivity index (χ1v) is 8.84. The number of ketones is 1. The Hall–Kier alpha value is -0.933. The molecule has 0 saturated heterocycles. The molecule has 94 valence electrons.